The molecule has 170 valence electrons. The van der Waals surface area contributed by atoms with Crippen LogP contribution >= 0.6 is 22.9 Å². The van der Waals surface area contributed by atoms with Gasteiger partial charge in [-0.25, -0.2) is 4.79 Å². The maximum atomic E-state index is 12.5. The second-order valence-electron chi connectivity index (χ2n) is 8.05. The fraction of sp³-hybridized carbons (Fsp3) is 0.435. The van der Waals surface area contributed by atoms with E-state index in [1.807, 2.05) is 29.2 Å². The van der Waals surface area contributed by atoms with Crippen molar-refractivity contribution in [2.45, 2.75) is 25.9 Å². The van der Waals surface area contributed by atoms with Gasteiger partial charge in [-0.2, -0.15) is 0 Å². The maximum Gasteiger partial charge on any atom is 0.338 e. The number of amides is 2. The van der Waals surface area contributed by atoms with Crippen LogP contribution in [-0.4, -0.2) is 71.8 Å². The zero-order chi connectivity index (χ0) is 22.5. The lowest BCUT2D eigenvalue weighted by atomic mass is 10.1. The average Bonchev–Trinajstić information content (AvgIpc) is 3.40. The first-order valence-corrected chi connectivity index (χ1v) is 12.0. The molecule has 2 amide bonds. The van der Waals surface area contributed by atoms with Gasteiger partial charge in [-0.3, -0.25) is 14.5 Å². The number of carbonyl (C=O) groups excluding carboxylic acids is 3. The molecule has 0 spiro atoms. The first-order chi connectivity index (χ1) is 15.5. The fourth-order valence-corrected chi connectivity index (χ4v) is 5.08. The summed E-state index contributed by atoms with van der Waals surface area (Å²) in [5.41, 5.74) is 1.37. The number of piperazine rings is 1. The van der Waals surface area contributed by atoms with Crippen LogP contribution in [0.1, 0.15) is 33.6 Å². The second kappa shape index (κ2) is 10.5. The quantitative estimate of drug-likeness (QED) is 0.576. The molecule has 0 N–H and O–H groups in total. The molecule has 4 rings (SSSR count). The van der Waals surface area contributed by atoms with Crippen molar-refractivity contribution in [3.63, 3.8) is 0 Å². The summed E-state index contributed by atoms with van der Waals surface area (Å²) in [6.45, 7) is 4.67. The molecule has 9 heteroatoms. The average molecular weight is 476 g/mol. The van der Waals surface area contributed by atoms with Crippen LogP contribution in [0.3, 0.4) is 0 Å². The Kier molecular flexibility index (Phi) is 7.44. The third-order valence-corrected chi connectivity index (χ3v) is 7.01. The molecule has 2 aliphatic heterocycles. The fourth-order valence-electron chi connectivity index (χ4n) is 3.95. The number of esters is 1. The van der Waals surface area contributed by atoms with Crippen molar-refractivity contribution in [1.29, 1.82) is 0 Å². The number of rotatable bonds is 7. The molecule has 1 aromatic carbocycles. The SMILES string of the molecule is O=C(OCC(=O)N1CCN(Cc2ccc(Cl)s2)CC1)c1ccc(CN2CCCC2=O)cc1. The molecule has 32 heavy (non-hydrogen) atoms. The van der Waals surface area contributed by atoms with Gasteiger partial charge in [0.1, 0.15) is 0 Å². The lowest BCUT2D eigenvalue weighted by Gasteiger charge is -2.34. The number of benzene rings is 1. The summed E-state index contributed by atoms with van der Waals surface area (Å²) < 4.78 is 6.02. The van der Waals surface area contributed by atoms with Gasteiger partial charge in [0, 0.05) is 57.1 Å². The summed E-state index contributed by atoms with van der Waals surface area (Å²) in [6, 6.07) is 10.9. The van der Waals surface area contributed by atoms with E-state index in [0.29, 0.717) is 31.6 Å². The van der Waals surface area contributed by atoms with Crippen LogP contribution in [0.15, 0.2) is 36.4 Å². The third-order valence-electron chi connectivity index (χ3n) is 5.79. The topological polar surface area (TPSA) is 70.2 Å². The molecule has 0 radical (unpaired) electrons. The van der Waals surface area contributed by atoms with Gasteiger partial charge in [0.15, 0.2) is 6.61 Å². The van der Waals surface area contributed by atoms with E-state index < -0.39 is 5.97 Å². The third kappa shape index (κ3) is 5.88. The molecule has 2 aliphatic rings. The lowest BCUT2D eigenvalue weighted by molar-refractivity contribution is -0.136. The standard InChI is InChI=1S/C23H26ClN3O4S/c24-20-8-7-19(32-20)15-25-10-12-26(13-11-25)22(29)16-31-23(30)18-5-3-17(4-6-18)14-27-9-1-2-21(27)28/h3-8H,1-2,9-16H2. The number of hydrogen-bond donors (Lipinski definition) is 0. The van der Waals surface area contributed by atoms with Gasteiger partial charge >= 0.3 is 5.97 Å². The first kappa shape index (κ1) is 22.8. The summed E-state index contributed by atoms with van der Waals surface area (Å²) in [5, 5.41) is 0. The smallest absolute Gasteiger partial charge is 0.338 e. The molecule has 3 heterocycles. The highest BCUT2D eigenvalue weighted by molar-refractivity contribution is 7.16. The molecular formula is C23H26ClN3O4S. The minimum atomic E-state index is -0.518. The van der Waals surface area contributed by atoms with Crippen LogP contribution in [0.2, 0.25) is 4.34 Å². The number of ether oxygens (including phenoxy) is 1. The van der Waals surface area contributed by atoms with Gasteiger partial charge in [0.2, 0.25) is 5.91 Å². The van der Waals surface area contributed by atoms with Gasteiger partial charge in [0.25, 0.3) is 5.91 Å². The highest BCUT2D eigenvalue weighted by Crippen LogP contribution is 2.23. The highest BCUT2D eigenvalue weighted by atomic mass is 35.5. The molecule has 0 aliphatic carbocycles. The van der Waals surface area contributed by atoms with Crippen LogP contribution in [0.25, 0.3) is 0 Å². The Balaban J connectivity index is 1.19. The summed E-state index contributed by atoms with van der Waals surface area (Å²) in [4.78, 5) is 43.6. The molecule has 0 saturated carbocycles. The summed E-state index contributed by atoms with van der Waals surface area (Å²) in [7, 11) is 0. The van der Waals surface area contributed by atoms with Crippen molar-refractivity contribution in [3.05, 3.63) is 56.7 Å². The van der Waals surface area contributed by atoms with Crippen molar-refractivity contribution < 1.29 is 19.1 Å². The van der Waals surface area contributed by atoms with Crippen molar-refractivity contribution in [2.24, 2.45) is 0 Å². The Labute approximate surface area is 196 Å². The van der Waals surface area contributed by atoms with E-state index in [0.717, 1.165) is 42.5 Å². The number of likely N-dealkylation sites (tertiary alicyclic amines) is 1. The number of hydrogen-bond acceptors (Lipinski definition) is 6. The van der Waals surface area contributed by atoms with Gasteiger partial charge in [0.05, 0.1) is 9.90 Å². The highest BCUT2D eigenvalue weighted by Gasteiger charge is 2.23. The van der Waals surface area contributed by atoms with Crippen LogP contribution < -0.4 is 0 Å². The largest absolute Gasteiger partial charge is 0.452 e. The molecule has 0 bridgehead atoms. The number of carbonyl (C=O) groups is 3. The zero-order valence-electron chi connectivity index (χ0n) is 17.8. The summed E-state index contributed by atoms with van der Waals surface area (Å²) in [6.07, 6.45) is 1.51. The normalized spacial score (nSPS) is 17.1. The van der Waals surface area contributed by atoms with E-state index in [2.05, 4.69) is 4.90 Å². The number of nitrogens with zero attached hydrogens (tertiary/aromatic N) is 3. The molecule has 2 aromatic rings. The van der Waals surface area contributed by atoms with E-state index in [9.17, 15) is 14.4 Å². The van der Waals surface area contributed by atoms with Crippen molar-refractivity contribution in [2.75, 3.05) is 39.3 Å². The van der Waals surface area contributed by atoms with Gasteiger partial charge in [-0.15, -0.1) is 11.3 Å². The Morgan fingerprint density at radius 3 is 2.34 bits per heavy atom. The molecule has 7 nitrogen and oxygen atoms in total. The zero-order valence-corrected chi connectivity index (χ0v) is 19.4. The number of thiophene rings is 1. The van der Waals surface area contributed by atoms with Gasteiger partial charge < -0.3 is 14.5 Å². The monoisotopic (exact) mass is 475 g/mol. The Morgan fingerprint density at radius 2 is 1.72 bits per heavy atom. The second-order valence-corrected chi connectivity index (χ2v) is 9.85. The molecule has 0 unspecified atom stereocenters. The van der Waals surface area contributed by atoms with E-state index in [-0.39, 0.29) is 18.4 Å². The predicted octanol–water partition coefficient (Wildman–Crippen LogP) is 3.03. The van der Waals surface area contributed by atoms with Crippen LogP contribution in [-0.2, 0) is 27.4 Å². The van der Waals surface area contributed by atoms with Crippen molar-refractivity contribution in [3.8, 4) is 0 Å². The van der Waals surface area contributed by atoms with E-state index in [1.165, 1.54) is 4.88 Å². The molecule has 0 atom stereocenters. The lowest BCUT2D eigenvalue weighted by Crippen LogP contribution is -2.49. The summed E-state index contributed by atoms with van der Waals surface area (Å²) in [5.74, 6) is -0.527. The minimum absolute atomic E-state index is 0.170. The van der Waals surface area contributed by atoms with Gasteiger partial charge in [-0.1, -0.05) is 23.7 Å². The van der Waals surface area contributed by atoms with Crippen molar-refractivity contribution >= 4 is 40.7 Å². The molecule has 2 fully saturated rings. The molecule has 2 saturated heterocycles. The van der Waals surface area contributed by atoms with Crippen molar-refractivity contribution in [1.82, 2.24) is 14.7 Å². The van der Waals surface area contributed by atoms with Crippen LogP contribution in [0, 0.1) is 0 Å². The predicted molar refractivity (Wildman–Crippen MR) is 123 cm³/mol. The molecular weight excluding hydrogens is 450 g/mol. The maximum absolute atomic E-state index is 12.5. The van der Waals surface area contributed by atoms with E-state index >= 15 is 0 Å². The first-order valence-electron chi connectivity index (χ1n) is 10.8. The van der Waals surface area contributed by atoms with E-state index in [4.69, 9.17) is 16.3 Å². The number of halogens is 1. The Morgan fingerprint density at radius 1 is 0.969 bits per heavy atom. The van der Waals surface area contributed by atoms with Gasteiger partial charge in [-0.05, 0) is 36.2 Å². The van der Waals surface area contributed by atoms with E-state index in [1.54, 1.807) is 28.4 Å². The molecule has 1 aromatic heterocycles. The van der Waals surface area contributed by atoms with Crippen LogP contribution in [0.5, 0.6) is 0 Å². The summed E-state index contributed by atoms with van der Waals surface area (Å²) >= 11 is 7.56. The van der Waals surface area contributed by atoms with Crippen LogP contribution in [0.4, 0.5) is 0 Å². The Bertz CT molecular complexity index is 970. The minimum Gasteiger partial charge on any atom is -0.452 e. The Hall–Kier alpha value is -2.42.